The fraction of sp³-hybridized carbons (Fsp3) is 0.0769. The number of benzene rings is 2. The molecule has 0 fully saturated rings. The van der Waals surface area contributed by atoms with Crippen molar-refractivity contribution in [2.75, 3.05) is 5.73 Å². The SMILES string of the molecule is Cc1ccc(Cl)cc1Oc1ccc(N)cc1S(N)(=O)=O. The largest absolute Gasteiger partial charge is 0.456 e. The van der Waals surface area contributed by atoms with Crippen molar-refractivity contribution < 1.29 is 13.2 Å². The van der Waals surface area contributed by atoms with E-state index in [1.54, 1.807) is 18.2 Å². The molecule has 106 valence electrons. The fourth-order valence-corrected chi connectivity index (χ4v) is 2.49. The molecule has 5 nitrogen and oxygen atoms in total. The third-order valence-electron chi connectivity index (χ3n) is 2.64. The van der Waals surface area contributed by atoms with Gasteiger partial charge in [-0.05, 0) is 42.8 Å². The molecule has 0 saturated carbocycles. The second-order valence-electron chi connectivity index (χ2n) is 4.26. The van der Waals surface area contributed by atoms with E-state index in [2.05, 4.69) is 0 Å². The van der Waals surface area contributed by atoms with Crippen LogP contribution in [-0.2, 0) is 10.0 Å². The fourth-order valence-electron chi connectivity index (χ4n) is 1.63. The van der Waals surface area contributed by atoms with Crippen LogP contribution in [0.4, 0.5) is 5.69 Å². The molecule has 0 atom stereocenters. The zero-order valence-corrected chi connectivity index (χ0v) is 12.2. The van der Waals surface area contributed by atoms with E-state index in [1.165, 1.54) is 18.2 Å². The van der Waals surface area contributed by atoms with Crippen LogP contribution >= 0.6 is 11.6 Å². The van der Waals surface area contributed by atoms with Crippen LogP contribution in [0.3, 0.4) is 0 Å². The van der Waals surface area contributed by atoms with Gasteiger partial charge in [0.25, 0.3) is 0 Å². The van der Waals surface area contributed by atoms with Crippen LogP contribution in [0, 0.1) is 6.92 Å². The Morgan fingerprint density at radius 2 is 1.80 bits per heavy atom. The smallest absolute Gasteiger partial charge is 0.241 e. The van der Waals surface area contributed by atoms with Gasteiger partial charge in [-0.2, -0.15) is 0 Å². The van der Waals surface area contributed by atoms with E-state index in [4.69, 9.17) is 27.2 Å². The van der Waals surface area contributed by atoms with Crippen LogP contribution in [0.15, 0.2) is 41.3 Å². The van der Waals surface area contributed by atoms with E-state index in [1.807, 2.05) is 6.92 Å². The van der Waals surface area contributed by atoms with Crippen LogP contribution < -0.4 is 15.6 Å². The lowest BCUT2D eigenvalue weighted by atomic mass is 10.2. The van der Waals surface area contributed by atoms with Crippen molar-refractivity contribution in [3.05, 3.63) is 47.0 Å². The van der Waals surface area contributed by atoms with Crippen LogP contribution in [0.25, 0.3) is 0 Å². The molecule has 0 spiro atoms. The summed E-state index contributed by atoms with van der Waals surface area (Å²) >= 11 is 5.90. The number of nitrogens with two attached hydrogens (primary N) is 2. The maximum Gasteiger partial charge on any atom is 0.241 e. The van der Waals surface area contributed by atoms with Crippen molar-refractivity contribution >= 4 is 27.3 Å². The summed E-state index contributed by atoms with van der Waals surface area (Å²) in [6, 6.07) is 9.32. The minimum Gasteiger partial charge on any atom is -0.456 e. The van der Waals surface area contributed by atoms with E-state index in [-0.39, 0.29) is 16.3 Å². The molecule has 4 N–H and O–H groups in total. The van der Waals surface area contributed by atoms with Crippen molar-refractivity contribution in [1.82, 2.24) is 0 Å². The second kappa shape index (κ2) is 5.32. The topological polar surface area (TPSA) is 95.4 Å². The molecular weight excluding hydrogens is 300 g/mol. The van der Waals surface area contributed by atoms with Crippen molar-refractivity contribution in [2.24, 2.45) is 5.14 Å². The minimum absolute atomic E-state index is 0.104. The van der Waals surface area contributed by atoms with Gasteiger partial charge in [0.1, 0.15) is 16.4 Å². The number of sulfonamides is 1. The molecule has 0 heterocycles. The number of primary sulfonamides is 1. The monoisotopic (exact) mass is 312 g/mol. The summed E-state index contributed by atoms with van der Waals surface area (Å²) in [4.78, 5) is -0.170. The number of nitrogen functional groups attached to an aromatic ring is 1. The first-order valence-electron chi connectivity index (χ1n) is 5.64. The number of aryl methyl sites for hydroxylation is 1. The molecule has 0 aliphatic rings. The second-order valence-corrected chi connectivity index (χ2v) is 6.23. The minimum atomic E-state index is -3.94. The van der Waals surface area contributed by atoms with Gasteiger partial charge in [0, 0.05) is 10.7 Å². The molecule has 0 aromatic heterocycles. The molecule has 2 aromatic carbocycles. The Balaban J connectivity index is 2.52. The molecule has 0 aliphatic carbocycles. The molecule has 0 amide bonds. The summed E-state index contributed by atoms with van der Waals surface area (Å²) in [7, 11) is -3.94. The zero-order valence-electron chi connectivity index (χ0n) is 10.6. The van der Waals surface area contributed by atoms with Crippen molar-refractivity contribution in [3.8, 4) is 11.5 Å². The van der Waals surface area contributed by atoms with E-state index < -0.39 is 10.0 Å². The van der Waals surface area contributed by atoms with E-state index >= 15 is 0 Å². The summed E-state index contributed by atoms with van der Waals surface area (Å²) in [5.41, 5.74) is 6.67. The van der Waals surface area contributed by atoms with E-state index in [0.717, 1.165) is 5.56 Å². The van der Waals surface area contributed by atoms with Gasteiger partial charge in [-0.15, -0.1) is 0 Å². The Labute approximate surface area is 122 Å². The maximum atomic E-state index is 11.6. The summed E-state index contributed by atoms with van der Waals surface area (Å²) in [6.07, 6.45) is 0. The van der Waals surface area contributed by atoms with Gasteiger partial charge in [0.2, 0.25) is 10.0 Å². The molecule has 2 aromatic rings. The predicted molar refractivity (Wildman–Crippen MR) is 78.5 cm³/mol. The third-order valence-corrected chi connectivity index (χ3v) is 3.81. The highest BCUT2D eigenvalue weighted by atomic mass is 35.5. The number of halogens is 1. The van der Waals surface area contributed by atoms with Gasteiger partial charge in [-0.1, -0.05) is 17.7 Å². The summed E-state index contributed by atoms with van der Waals surface area (Å²) in [5.74, 6) is 0.555. The highest BCUT2D eigenvalue weighted by Gasteiger charge is 2.17. The molecule has 0 unspecified atom stereocenters. The van der Waals surface area contributed by atoms with Crippen LogP contribution in [0.1, 0.15) is 5.56 Å². The van der Waals surface area contributed by atoms with E-state index in [0.29, 0.717) is 10.8 Å². The quantitative estimate of drug-likeness (QED) is 0.852. The first-order valence-corrected chi connectivity index (χ1v) is 7.56. The Kier molecular flexibility index (Phi) is 3.89. The average Bonchev–Trinajstić information content (AvgIpc) is 2.34. The van der Waals surface area contributed by atoms with Crippen LogP contribution in [0.5, 0.6) is 11.5 Å². The van der Waals surface area contributed by atoms with Crippen molar-refractivity contribution in [1.29, 1.82) is 0 Å². The summed E-state index contributed by atoms with van der Waals surface area (Å²) in [6.45, 7) is 1.82. The highest BCUT2D eigenvalue weighted by Crippen LogP contribution is 2.32. The van der Waals surface area contributed by atoms with Gasteiger partial charge in [-0.25, -0.2) is 13.6 Å². The molecule has 0 bridgehead atoms. The average molecular weight is 313 g/mol. The van der Waals surface area contributed by atoms with Gasteiger partial charge < -0.3 is 10.5 Å². The summed E-state index contributed by atoms with van der Waals surface area (Å²) in [5, 5.41) is 5.64. The Morgan fingerprint density at radius 3 is 2.45 bits per heavy atom. The lowest BCUT2D eigenvalue weighted by Gasteiger charge is -2.12. The van der Waals surface area contributed by atoms with Gasteiger partial charge in [-0.3, -0.25) is 0 Å². The molecule has 0 saturated heterocycles. The van der Waals surface area contributed by atoms with Gasteiger partial charge in [0.05, 0.1) is 0 Å². The molecule has 2 rings (SSSR count). The number of hydrogen-bond acceptors (Lipinski definition) is 4. The molecule has 0 aliphatic heterocycles. The number of rotatable bonds is 3. The predicted octanol–water partition coefficient (Wildman–Crippen LogP) is 2.67. The normalized spacial score (nSPS) is 11.3. The zero-order chi connectivity index (χ0) is 14.9. The Bertz CT molecular complexity index is 760. The van der Waals surface area contributed by atoms with Gasteiger partial charge >= 0.3 is 0 Å². The number of ether oxygens (including phenoxy) is 1. The lowest BCUT2D eigenvalue weighted by Crippen LogP contribution is -2.13. The first kappa shape index (κ1) is 14.6. The van der Waals surface area contributed by atoms with Crippen molar-refractivity contribution in [2.45, 2.75) is 11.8 Å². The third kappa shape index (κ3) is 3.22. The first-order chi connectivity index (χ1) is 9.27. The van der Waals surface area contributed by atoms with E-state index in [9.17, 15) is 8.42 Å². The Morgan fingerprint density at radius 1 is 1.10 bits per heavy atom. The highest BCUT2D eigenvalue weighted by molar-refractivity contribution is 7.89. The maximum absolute atomic E-state index is 11.6. The van der Waals surface area contributed by atoms with Gasteiger partial charge in [0.15, 0.2) is 0 Å². The molecular formula is C13H13ClN2O3S. The summed E-state index contributed by atoms with van der Waals surface area (Å²) < 4.78 is 28.7. The lowest BCUT2D eigenvalue weighted by molar-refractivity contribution is 0.464. The number of hydrogen-bond donors (Lipinski definition) is 2. The molecule has 7 heteroatoms. The Hall–Kier alpha value is -1.76. The molecule has 20 heavy (non-hydrogen) atoms. The standard InChI is InChI=1S/C13H13ClN2O3S/c1-8-2-3-9(14)6-12(8)19-11-5-4-10(15)7-13(11)20(16,17)18/h2-7H,15H2,1H3,(H2,16,17,18). The van der Waals surface area contributed by atoms with Crippen LogP contribution in [0.2, 0.25) is 5.02 Å². The van der Waals surface area contributed by atoms with Crippen LogP contribution in [-0.4, -0.2) is 8.42 Å². The number of anilines is 1. The van der Waals surface area contributed by atoms with Crippen molar-refractivity contribution in [3.63, 3.8) is 0 Å². The molecule has 0 radical (unpaired) electrons.